The van der Waals surface area contributed by atoms with Gasteiger partial charge in [0, 0.05) is 11.9 Å². The molecule has 1 amide bonds. The quantitative estimate of drug-likeness (QED) is 0.844. The van der Waals surface area contributed by atoms with E-state index in [9.17, 15) is 4.79 Å². The van der Waals surface area contributed by atoms with Crippen molar-refractivity contribution in [3.05, 3.63) is 30.0 Å². The molecule has 4 nitrogen and oxygen atoms in total. The number of halogens is 1. The van der Waals surface area contributed by atoms with E-state index in [4.69, 9.17) is 5.73 Å². The molecule has 2 N–H and O–H groups in total. The molecule has 0 aliphatic rings. The van der Waals surface area contributed by atoms with Gasteiger partial charge in [-0.2, -0.15) is 5.10 Å². The van der Waals surface area contributed by atoms with E-state index < -0.39 is 5.91 Å². The van der Waals surface area contributed by atoms with Gasteiger partial charge in [-0.05, 0) is 13.0 Å². The summed E-state index contributed by atoms with van der Waals surface area (Å²) >= 11 is 0. The molecule has 0 saturated carbocycles. The Bertz CT molecular complexity index is 492. The maximum Gasteiger partial charge on any atom is 0.267 e. The molecule has 2 aromatic rings. The molecule has 0 spiro atoms. The molecule has 0 radical (unpaired) electrons. The van der Waals surface area contributed by atoms with Gasteiger partial charge in [0.15, 0.2) is 0 Å². The lowest BCUT2D eigenvalue weighted by molar-refractivity contribution is 0.0992. The van der Waals surface area contributed by atoms with Crippen molar-refractivity contribution < 1.29 is 4.79 Å². The first-order chi connectivity index (χ1) is 6.74. The second-order valence-electron chi connectivity index (χ2n) is 3.05. The molecule has 0 aliphatic heterocycles. The number of hydrogen-bond acceptors (Lipinski definition) is 2. The highest BCUT2D eigenvalue weighted by Crippen LogP contribution is 2.17. The molecule has 2 rings (SSSR count). The molecule has 0 aliphatic carbocycles. The Labute approximate surface area is 93.5 Å². The molecular formula is C10H12ClN3O. The molecule has 0 atom stereocenters. The zero-order chi connectivity index (χ0) is 10.1. The van der Waals surface area contributed by atoms with E-state index in [1.54, 1.807) is 4.68 Å². The highest BCUT2D eigenvalue weighted by Gasteiger charge is 2.13. The monoisotopic (exact) mass is 225 g/mol. The van der Waals surface area contributed by atoms with Crippen LogP contribution in [0.1, 0.15) is 17.4 Å². The van der Waals surface area contributed by atoms with Crippen molar-refractivity contribution in [2.24, 2.45) is 5.73 Å². The standard InChI is InChI=1S/C10H11N3O.ClH/c1-2-13-9(10(11)14)7-5-3-4-6-8(7)12-13;/h3-6H,2H2,1H3,(H2,11,14);1H. The molecule has 80 valence electrons. The number of nitrogens with zero attached hydrogens (tertiary/aromatic N) is 2. The van der Waals surface area contributed by atoms with Crippen LogP contribution in [0.4, 0.5) is 0 Å². The second-order valence-corrected chi connectivity index (χ2v) is 3.05. The van der Waals surface area contributed by atoms with Gasteiger partial charge < -0.3 is 5.73 Å². The summed E-state index contributed by atoms with van der Waals surface area (Å²) in [7, 11) is 0. The highest BCUT2D eigenvalue weighted by atomic mass is 35.5. The molecule has 0 fully saturated rings. The van der Waals surface area contributed by atoms with Crippen molar-refractivity contribution in [2.45, 2.75) is 13.5 Å². The van der Waals surface area contributed by atoms with Crippen molar-refractivity contribution >= 4 is 29.2 Å². The van der Waals surface area contributed by atoms with Gasteiger partial charge in [0.2, 0.25) is 0 Å². The summed E-state index contributed by atoms with van der Waals surface area (Å²) in [4.78, 5) is 11.2. The van der Waals surface area contributed by atoms with Gasteiger partial charge in [-0.25, -0.2) is 0 Å². The lowest BCUT2D eigenvalue weighted by Crippen LogP contribution is -2.17. The van der Waals surface area contributed by atoms with Crippen LogP contribution in [0.5, 0.6) is 0 Å². The fraction of sp³-hybridized carbons (Fsp3) is 0.200. The summed E-state index contributed by atoms with van der Waals surface area (Å²) < 4.78 is 1.63. The number of fused-ring (bicyclic) bond motifs is 1. The van der Waals surface area contributed by atoms with Gasteiger partial charge in [-0.1, -0.05) is 18.2 Å². The van der Waals surface area contributed by atoms with Crippen molar-refractivity contribution in [3.8, 4) is 0 Å². The number of aromatic nitrogens is 2. The van der Waals surface area contributed by atoms with E-state index >= 15 is 0 Å². The van der Waals surface area contributed by atoms with Crippen molar-refractivity contribution in [3.63, 3.8) is 0 Å². The maximum atomic E-state index is 11.2. The number of rotatable bonds is 2. The Morgan fingerprint density at radius 3 is 2.73 bits per heavy atom. The summed E-state index contributed by atoms with van der Waals surface area (Å²) in [5, 5.41) is 5.09. The molecule has 5 heteroatoms. The van der Waals surface area contributed by atoms with E-state index in [2.05, 4.69) is 5.10 Å². The molecule has 1 aromatic carbocycles. The summed E-state index contributed by atoms with van der Waals surface area (Å²) in [6, 6.07) is 7.49. The van der Waals surface area contributed by atoms with Crippen LogP contribution in [0.25, 0.3) is 10.9 Å². The summed E-state index contributed by atoms with van der Waals surface area (Å²) in [6.07, 6.45) is 0. The zero-order valence-electron chi connectivity index (χ0n) is 8.30. The third-order valence-electron chi connectivity index (χ3n) is 2.18. The van der Waals surface area contributed by atoms with E-state index in [0.717, 1.165) is 10.9 Å². The summed E-state index contributed by atoms with van der Waals surface area (Å²) in [6.45, 7) is 2.57. The Morgan fingerprint density at radius 2 is 2.13 bits per heavy atom. The Morgan fingerprint density at radius 1 is 1.47 bits per heavy atom. The van der Waals surface area contributed by atoms with E-state index in [1.165, 1.54) is 0 Å². The van der Waals surface area contributed by atoms with Gasteiger partial charge in [-0.3, -0.25) is 9.48 Å². The number of primary amides is 1. The Hall–Kier alpha value is -1.55. The average Bonchev–Trinajstić information content (AvgIpc) is 2.55. The maximum absolute atomic E-state index is 11.2. The fourth-order valence-electron chi connectivity index (χ4n) is 1.57. The first-order valence-electron chi connectivity index (χ1n) is 4.49. The SMILES string of the molecule is CCn1nc2ccccc2c1C(N)=O.Cl. The zero-order valence-corrected chi connectivity index (χ0v) is 9.12. The average molecular weight is 226 g/mol. The number of benzene rings is 1. The van der Waals surface area contributed by atoms with Gasteiger partial charge in [-0.15, -0.1) is 12.4 Å². The van der Waals surface area contributed by atoms with Crippen LogP contribution in [0.3, 0.4) is 0 Å². The molecule has 1 heterocycles. The second kappa shape index (κ2) is 4.31. The molecule has 1 aromatic heterocycles. The predicted molar refractivity (Wildman–Crippen MR) is 61.2 cm³/mol. The van der Waals surface area contributed by atoms with E-state index in [-0.39, 0.29) is 12.4 Å². The first-order valence-corrected chi connectivity index (χ1v) is 4.49. The number of carbonyl (C=O) groups excluding carboxylic acids is 1. The van der Waals surface area contributed by atoms with Crippen LogP contribution in [0.2, 0.25) is 0 Å². The van der Waals surface area contributed by atoms with Gasteiger partial charge in [0.05, 0.1) is 5.52 Å². The minimum Gasteiger partial charge on any atom is -0.364 e. The number of nitrogens with two attached hydrogens (primary N) is 1. The largest absolute Gasteiger partial charge is 0.364 e. The molecule has 15 heavy (non-hydrogen) atoms. The molecular weight excluding hydrogens is 214 g/mol. The smallest absolute Gasteiger partial charge is 0.267 e. The fourth-order valence-corrected chi connectivity index (χ4v) is 1.57. The van der Waals surface area contributed by atoms with Crippen molar-refractivity contribution in [1.29, 1.82) is 0 Å². The van der Waals surface area contributed by atoms with Crippen LogP contribution >= 0.6 is 12.4 Å². The normalized spacial score (nSPS) is 9.93. The lowest BCUT2D eigenvalue weighted by Gasteiger charge is -1.99. The van der Waals surface area contributed by atoms with Crippen LogP contribution in [-0.2, 0) is 6.54 Å². The van der Waals surface area contributed by atoms with Crippen LogP contribution in [0, 0.1) is 0 Å². The number of hydrogen-bond donors (Lipinski definition) is 1. The van der Waals surface area contributed by atoms with E-state index in [0.29, 0.717) is 12.2 Å². The predicted octanol–water partition coefficient (Wildman–Crippen LogP) is 1.58. The lowest BCUT2D eigenvalue weighted by atomic mass is 10.2. The Kier molecular flexibility index (Phi) is 3.31. The first kappa shape index (κ1) is 11.5. The van der Waals surface area contributed by atoms with Crippen molar-refractivity contribution in [1.82, 2.24) is 9.78 Å². The van der Waals surface area contributed by atoms with Crippen LogP contribution in [-0.4, -0.2) is 15.7 Å². The summed E-state index contributed by atoms with van der Waals surface area (Å²) in [5.74, 6) is -0.430. The van der Waals surface area contributed by atoms with Crippen LogP contribution in [0.15, 0.2) is 24.3 Å². The third-order valence-corrected chi connectivity index (χ3v) is 2.18. The topological polar surface area (TPSA) is 60.9 Å². The number of aryl methyl sites for hydroxylation is 1. The minimum absolute atomic E-state index is 0. The summed E-state index contributed by atoms with van der Waals surface area (Å²) in [5.41, 5.74) is 6.60. The highest BCUT2D eigenvalue weighted by molar-refractivity contribution is 6.04. The van der Waals surface area contributed by atoms with Crippen molar-refractivity contribution in [2.75, 3.05) is 0 Å². The van der Waals surface area contributed by atoms with Crippen LogP contribution < -0.4 is 5.73 Å². The molecule has 0 bridgehead atoms. The minimum atomic E-state index is -0.430. The molecule has 0 saturated heterocycles. The number of amides is 1. The molecule has 0 unspecified atom stereocenters. The Balaban J connectivity index is 0.00000112. The van der Waals surface area contributed by atoms with Gasteiger partial charge >= 0.3 is 0 Å². The number of carbonyl (C=O) groups is 1. The van der Waals surface area contributed by atoms with E-state index in [1.807, 2.05) is 31.2 Å². The van der Waals surface area contributed by atoms with Gasteiger partial charge in [0.25, 0.3) is 5.91 Å². The third kappa shape index (κ3) is 1.80. The van der Waals surface area contributed by atoms with Gasteiger partial charge in [0.1, 0.15) is 5.69 Å².